The van der Waals surface area contributed by atoms with Crippen molar-refractivity contribution < 1.29 is 14.3 Å². The molecule has 1 aromatic rings. The first-order chi connectivity index (χ1) is 8.58. The molecule has 2 N–H and O–H groups in total. The van der Waals surface area contributed by atoms with Crippen LogP contribution in [0, 0.1) is 0 Å². The van der Waals surface area contributed by atoms with Gasteiger partial charge in [0.2, 0.25) is 0 Å². The molecule has 2 amide bonds. The van der Waals surface area contributed by atoms with Crippen LogP contribution in [0.25, 0.3) is 0 Å². The molecule has 0 bridgehead atoms. The third kappa shape index (κ3) is 2.83. The van der Waals surface area contributed by atoms with Crippen molar-refractivity contribution in [2.75, 3.05) is 6.61 Å². The maximum Gasteiger partial charge on any atom is 0.286 e. The number of aromatic nitrogens is 1. The molecule has 0 aliphatic carbocycles. The fourth-order valence-corrected chi connectivity index (χ4v) is 2.05. The molecule has 1 atom stereocenters. The van der Waals surface area contributed by atoms with E-state index in [9.17, 15) is 9.59 Å². The summed E-state index contributed by atoms with van der Waals surface area (Å²) in [6.07, 6.45) is 2.68. The summed E-state index contributed by atoms with van der Waals surface area (Å²) in [6, 6.07) is 1.52. The smallest absolute Gasteiger partial charge is 0.286 e. The first-order valence-corrected chi connectivity index (χ1v) is 5.99. The Morgan fingerprint density at radius 3 is 2.83 bits per heavy atom. The van der Waals surface area contributed by atoms with E-state index in [1.54, 1.807) is 17.8 Å². The third-order valence-corrected chi connectivity index (χ3v) is 2.93. The summed E-state index contributed by atoms with van der Waals surface area (Å²) in [5.41, 5.74) is 5.04. The summed E-state index contributed by atoms with van der Waals surface area (Å²) in [6.45, 7) is 0.583. The van der Waals surface area contributed by atoms with Crippen LogP contribution in [0.1, 0.15) is 23.3 Å². The van der Waals surface area contributed by atoms with E-state index in [1.807, 2.05) is 0 Å². The Bertz CT molecular complexity index is 466. The Morgan fingerprint density at radius 2 is 2.28 bits per heavy atom. The second-order valence-corrected chi connectivity index (χ2v) is 4.54. The highest BCUT2D eigenvalue weighted by molar-refractivity contribution is 6.31. The van der Waals surface area contributed by atoms with Gasteiger partial charge in [0.05, 0.1) is 5.02 Å². The van der Waals surface area contributed by atoms with E-state index in [-0.39, 0.29) is 5.91 Å². The molecule has 1 aliphatic rings. The standard InChI is InChI=1S/C11H14ClN3O3/c1-15-6-7(12)5-8(15)10(16)13-14-11(17)9-3-2-4-18-9/h5-6,9H,2-4H2,1H3,(H,13,16)(H,14,17)/t9-/m1/s1. The lowest BCUT2D eigenvalue weighted by Gasteiger charge is -2.11. The van der Waals surface area contributed by atoms with Gasteiger partial charge in [0.15, 0.2) is 0 Å². The van der Waals surface area contributed by atoms with Gasteiger partial charge in [-0.2, -0.15) is 0 Å². The minimum Gasteiger partial charge on any atom is -0.368 e. The van der Waals surface area contributed by atoms with Crippen LogP contribution in [-0.4, -0.2) is 29.1 Å². The van der Waals surface area contributed by atoms with Crippen molar-refractivity contribution in [1.82, 2.24) is 15.4 Å². The number of ether oxygens (including phenoxy) is 1. The van der Waals surface area contributed by atoms with Gasteiger partial charge in [0.25, 0.3) is 11.8 Å². The summed E-state index contributed by atoms with van der Waals surface area (Å²) in [5.74, 6) is -0.753. The van der Waals surface area contributed by atoms with Gasteiger partial charge in [0.1, 0.15) is 11.8 Å². The molecule has 7 heteroatoms. The predicted molar refractivity (Wildman–Crippen MR) is 65.0 cm³/mol. The number of nitrogens with one attached hydrogen (secondary N) is 2. The fraction of sp³-hybridized carbons (Fsp3) is 0.455. The lowest BCUT2D eigenvalue weighted by molar-refractivity contribution is -0.130. The Kier molecular flexibility index (Phi) is 3.88. The van der Waals surface area contributed by atoms with Gasteiger partial charge in [-0.05, 0) is 18.9 Å². The SMILES string of the molecule is Cn1cc(Cl)cc1C(=O)NNC(=O)[C@H]1CCCO1. The zero-order valence-corrected chi connectivity index (χ0v) is 10.7. The predicted octanol–water partition coefficient (Wildman–Crippen LogP) is 0.618. The lowest BCUT2D eigenvalue weighted by Crippen LogP contribution is -2.46. The average molecular weight is 272 g/mol. The molecule has 1 aromatic heterocycles. The number of carbonyl (C=O) groups is 2. The van der Waals surface area contributed by atoms with Crippen molar-refractivity contribution in [3.63, 3.8) is 0 Å². The Balaban J connectivity index is 1.88. The van der Waals surface area contributed by atoms with Crippen LogP contribution in [0.3, 0.4) is 0 Å². The van der Waals surface area contributed by atoms with E-state index in [0.717, 1.165) is 6.42 Å². The van der Waals surface area contributed by atoms with Gasteiger partial charge >= 0.3 is 0 Å². The highest BCUT2D eigenvalue weighted by atomic mass is 35.5. The van der Waals surface area contributed by atoms with Gasteiger partial charge < -0.3 is 9.30 Å². The second-order valence-electron chi connectivity index (χ2n) is 4.10. The van der Waals surface area contributed by atoms with E-state index in [1.165, 1.54) is 6.07 Å². The molecule has 2 rings (SSSR count). The lowest BCUT2D eigenvalue weighted by atomic mass is 10.2. The van der Waals surface area contributed by atoms with Crippen LogP contribution in [0.4, 0.5) is 0 Å². The monoisotopic (exact) mass is 271 g/mol. The quantitative estimate of drug-likeness (QED) is 0.775. The van der Waals surface area contributed by atoms with Gasteiger partial charge in [-0.3, -0.25) is 20.4 Å². The molecular formula is C11H14ClN3O3. The molecular weight excluding hydrogens is 258 g/mol. The molecule has 98 valence electrons. The van der Waals surface area contributed by atoms with E-state index in [0.29, 0.717) is 23.7 Å². The number of hydrogen-bond donors (Lipinski definition) is 2. The van der Waals surface area contributed by atoms with Crippen LogP contribution in [-0.2, 0) is 16.6 Å². The van der Waals surface area contributed by atoms with E-state index in [4.69, 9.17) is 16.3 Å². The van der Waals surface area contributed by atoms with E-state index < -0.39 is 12.0 Å². The summed E-state index contributed by atoms with van der Waals surface area (Å²) >= 11 is 5.77. The van der Waals surface area contributed by atoms with Crippen LogP contribution in [0.2, 0.25) is 5.02 Å². The molecule has 2 heterocycles. The van der Waals surface area contributed by atoms with Crippen molar-refractivity contribution in [2.24, 2.45) is 7.05 Å². The Hall–Kier alpha value is -1.53. The molecule has 18 heavy (non-hydrogen) atoms. The molecule has 1 aliphatic heterocycles. The fourth-order valence-electron chi connectivity index (χ4n) is 1.80. The first-order valence-electron chi connectivity index (χ1n) is 5.61. The zero-order chi connectivity index (χ0) is 13.1. The van der Waals surface area contributed by atoms with E-state index in [2.05, 4.69) is 10.9 Å². The number of hydrazine groups is 1. The molecule has 6 nitrogen and oxygen atoms in total. The molecule has 1 saturated heterocycles. The number of rotatable bonds is 2. The van der Waals surface area contributed by atoms with Crippen molar-refractivity contribution >= 4 is 23.4 Å². The summed E-state index contributed by atoms with van der Waals surface area (Å²) in [7, 11) is 1.70. The van der Waals surface area contributed by atoms with E-state index >= 15 is 0 Å². The number of aryl methyl sites for hydroxylation is 1. The first kappa shape index (κ1) is 12.9. The van der Waals surface area contributed by atoms with Gasteiger partial charge in [-0.1, -0.05) is 11.6 Å². The third-order valence-electron chi connectivity index (χ3n) is 2.73. The Labute approximate surface area is 109 Å². The van der Waals surface area contributed by atoms with Crippen molar-refractivity contribution in [2.45, 2.75) is 18.9 Å². The van der Waals surface area contributed by atoms with Crippen LogP contribution < -0.4 is 10.9 Å². The molecule has 0 saturated carbocycles. The van der Waals surface area contributed by atoms with Crippen molar-refractivity contribution in [3.05, 3.63) is 23.0 Å². The van der Waals surface area contributed by atoms with Gasteiger partial charge in [-0.25, -0.2) is 0 Å². The number of halogens is 1. The average Bonchev–Trinajstić information content (AvgIpc) is 2.95. The molecule has 0 radical (unpaired) electrons. The van der Waals surface area contributed by atoms with Crippen LogP contribution in [0.15, 0.2) is 12.3 Å². The largest absolute Gasteiger partial charge is 0.368 e. The van der Waals surface area contributed by atoms with Gasteiger partial charge in [-0.15, -0.1) is 0 Å². The normalized spacial score (nSPS) is 18.7. The maximum absolute atomic E-state index is 11.8. The highest BCUT2D eigenvalue weighted by Gasteiger charge is 2.24. The second kappa shape index (κ2) is 5.41. The minimum atomic E-state index is -0.470. The van der Waals surface area contributed by atoms with Gasteiger partial charge in [0, 0.05) is 19.9 Å². The molecule has 0 aromatic carbocycles. The van der Waals surface area contributed by atoms with Crippen LogP contribution >= 0.6 is 11.6 Å². The molecule has 0 unspecified atom stereocenters. The number of nitrogens with zero attached hydrogens (tertiary/aromatic N) is 1. The minimum absolute atomic E-state index is 0.332. The maximum atomic E-state index is 11.8. The summed E-state index contributed by atoms with van der Waals surface area (Å²) in [5, 5.41) is 0.466. The summed E-state index contributed by atoms with van der Waals surface area (Å²) < 4.78 is 6.77. The summed E-state index contributed by atoms with van der Waals surface area (Å²) in [4.78, 5) is 23.3. The number of carbonyl (C=O) groups excluding carboxylic acids is 2. The number of amides is 2. The Morgan fingerprint density at radius 1 is 1.50 bits per heavy atom. The van der Waals surface area contributed by atoms with Crippen molar-refractivity contribution in [3.8, 4) is 0 Å². The zero-order valence-electron chi connectivity index (χ0n) is 9.90. The molecule has 0 spiro atoms. The molecule has 1 fully saturated rings. The topological polar surface area (TPSA) is 72.4 Å². The highest BCUT2D eigenvalue weighted by Crippen LogP contribution is 2.13. The van der Waals surface area contributed by atoms with Crippen molar-refractivity contribution in [1.29, 1.82) is 0 Å². The number of hydrogen-bond acceptors (Lipinski definition) is 3. The van der Waals surface area contributed by atoms with Crippen LogP contribution in [0.5, 0.6) is 0 Å².